The Balaban J connectivity index is 1.49. The van der Waals surface area contributed by atoms with E-state index in [9.17, 15) is 4.79 Å². The molecule has 1 fully saturated rings. The highest BCUT2D eigenvalue weighted by Crippen LogP contribution is 2.22. The van der Waals surface area contributed by atoms with Crippen molar-refractivity contribution in [3.63, 3.8) is 0 Å². The van der Waals surface area contributed by atoms with Gasteiger partial charge in [0.1, 0.15) is 5.76 Å². The van der Waals surface area contributed by atoms with Gasteiger partial charge in [-0.3, -0.25) is 9.69 Å². The van der Waals surface area contributed by atoms with Gasteiger partial charge in [0.25, 0.3) is 0 Å². The Kier molecular flexibility index (Phi) is 6.78. The Morgan fingerprint density at radius 2 is 1.79 bits per heavy atom. The minimum Gasteiger partial charge on any atom is -0.361 e. The molecule has 2 aromatic rings. The van der Waals surface area contributed by atoms with Crippen LogP contribution in [0.25, 0.3) is 0 Å². The number of benzene rings is 1. The van der Waals surface area contributed by atoms with Gasteiger partial charge in [0.15, 0.2) is 0 Å². The average Bonchev–Trinajstić information content (AvgIpc) is 2.87. The van der Waals surface area contributed by atoms with Crippen LogP contribution in [0, 0.1) is 13.8 Å². The summed E-state index contributed by atoms with van der Waals surface area (Å²) in [4.78, 5) is 17.2. The zero-order valence-electron chi connectivity index (χ0n) is 18.6. The first-order valence-electron chi connectivity index (χ1n) is 10.8. The summed E-state index contributed by atoms with van der Waals surface area (Å²) >= 11 is 0. The molecule has 1 aliphatic heterocycles. The van der Waals surface area contributed by atoms with Gasteiger partial charge in [0.05, 0.1) is 5.69 Å². The Morgan fingerprint density at radius 1 is 1.07 bits per heavy atom. The highest BCUT2D eigenvalue weighted by Gasteiger charge is 2.21. The van der Waals surface area contributed by atoms with E-state index in [1.807, 2.05) is 18.7 Å². The molecule has 0 aliphatic carbocycles. The van der Waals surface area contributed by atoms with Crippen molar-refractivity contribution in [2.24, 2.45) is 0 Å². The Bertz CT molecular complexity index is 798. The molecule has 1 aliphatic rings. The van der Waals surface area contributed by atoms with Gasteiger partial charge < -0.3 is 9.42 Å². The van der Waals surface area contributed by atoms with Gasteiger partial charge in [0, 0.05) is 44.7 Å². The minimum atomic E-state index is 0.163. The monoisotopic (exact) mass is 397 g/mol. The van der Waals surface area contributed by atoms with Gasteiger partial charge in [-0.1, -0.05) is 50.2 Å². The van der Waals surface area contributed by atoms with Crippen LogP contribution in [0.4, 0.5) is 0 Å². The lowest BCUT2D eigenvalue weighted by molar-refractivity contribution is -0.131. The van der Waals surface area contributed by atoms with E-state index in [-0.39, 0.29) is 11.3 Å². The Hall–Kier alpha value is -2.14. The quantitative estimate of drug-likeness (QED) is 0.757. The summed E-state index contributed by atoms with van der Waals surface area (Å²) in [6.45, 7) is 15.0. The molecule has 158 valence electrons. The third-order valence-electron chi connectivity index (χ3n) is 5.95. The SMILES string of the molecule is Cc1noc(C)c1CN1CCCN(C(=O)CCc2ccc(C(C)(C)C)cc2)CC1. The number of hydrogen-bond donors (Lipinski definition) is 0. The van der Waals surface area contributed by atoms with Gasteiger partial charge in [-0.15, -0.1) is 0 Å². The maximum atomic E-state index is 12.8. The normalized spacial score (nSPS) is 16.1. The van der Waals surface area contributed by atoms with Crippen LogP contribution in [0.1, 0.15) is 61.8 Å². The maximum Gasteiger partial charge on any atom is 0.222 e. The molecule has 2 heterocycles. The highest BCUT2D eigenvalue weighted by molar-refractivity contribution is 5.76. The first-order valence-corrected chi connectivity index (χ1v) is 10.8. The van der Waals surface area contributed by atoms with Crippen LogP contribution in [0.15, 0.2) is 28.8 Å². The van der Waals surface area contributed by atoms with Crippen LogP contribution in [0.3, 0.4) is 0 Å². The molecule has 0 radical (unpaired) electrons. The lowest BCUT2D eigenvalue weighted by Gasteiger charge is -2.22. The van der Waals surface area contributed by atoms with E-state index < -0.39 is 0 Å². The van der Waals surface area contributed by atoms with Gasteiger partial charge in [-0.25, -0.2) is 0 Å². The van der Waals surface area contributed by atoms with Crippen molar-refractivity contribution in [1.29, 1.82) is 0 Å². The molecule has 1 amide bonds. The summed E-state index contributed by atoms with van der Waals surface area (Å²) < 4.78 is 5.29. The molecule has 29 heavy (non-hydrogen) atoms. The molecule has 1 aromatic carbocycles. The maximum absolute atomic E-state index is 12.8. The molecule has 5 heteroatoms. The number of rotatable bonds is 5. The van der Waals surface area contributed by atoms with E-state index in [0.29, 0.717) is 6.42 Å². The largest absolute Gasteiger partial charge is 0.361 e. The van der Waals surface area contributed by atoms with E-state index in [1.54, 1.807) is 0 Å². The summed E-state index contributed by atoms with van der Waals surface area (Å²) in [5, 5.41) is 4.05. The third kappa shape index (κ3) is 5.69. The smallest absolute Gasteiger partial charge is 0.222 e. The zero-order chi connectivity index (χ0) is 21.0. The summed E-state index contributed by atoms with van der Waals surface area (Å²) in [7, 11) is 0. The molecule has 0 saturated carbocycles. The molecule has 1 aromatic heterocycles. The molecular formula is C24H35N3O2. The second-order valence-corrected chi connectivity index (χ2v) is 9.26. The molecule has 1 saturated heterocycles. The Labute approximate surface area is 175 Å². The van der Waals surface area contributed by atoms with Crippen molar-refractivity contribution in [3.05, 3.63) is 52.4 Å². The van der Waals surface area contributed by atoms with Crippen LogP contribution in [-0.2, 0) is 23.2 Å². The van der Waals surface area contributed by atoms with Gasteiger partial charge in [-0.2, -0.15) is 0 Å². The minimum absolute atomic E-state index is 0.163. The molecule has 0 bridgehead atoms. The van der Waals surface area contributed by atoms with Crippen molar-refractivity contribution in [1.82, 2.24) is 15.0 Å². The van der Waals surface area contributed by atoms with Crippen LogP contribution in [0.5, 0.6) is 0 Å². The van der Waals surface area contributed by atoms with E-state index in [2.05, 4.69) is 55.1 Å². The lowest BCUT2D eigenvalue weighted by atomic mass is 9.86. The average molecular weight is 398 g/mol. The second kappa shape index (κ2) is 9.12. The van der Waals surface area contributed by atoms with Crippen LogP contribution in [-0.4, -0.2) is 47.0 Å². The summed E-state index contributed by atoms with van der Waals surface area (Å²) in [6, 6.07) is 8.72. The number of carbonyl (C=O) groups is 1. The zero-order valence-corrected chi connectivity index (χ0v) is 18.6. The summed E-state index contributed by atoms with van der Waals surface area (Å²) in [5.74, 6) is 1.17. The first kappa shape index (κ1) is 21.6. The van der Waals surface area contributed by atoms with E-state index in [0.717, 1.165) is 57.0 Å². The van der Waals surface area contributed by atoms with E-state index in [4.69, 9.17) is 4.52 Å². The molecule has 3 rings (SSSR count). The van der Waals surface area contributed by atoms with Crippen LogP contribution in [0.2, 0.25) is 0 Å². The predicted molar refractivity (Wildman–Crippen MR) is 116 cm³/mol. The molecule has 0 atom stereocenters. The summed E-state index contributed by atoms with van der Waals surface area (Å²) in [6.07, 6.45) is 2.40. The van der Waals surface area contributed by atoms with Crippen molar-refractivity contribution in [3.8, 4) is 0 Å². The fraction of sp³-hybridized carbons (Fsp3) is 0.583. The molecular weight excluding hydrogens is 362 g/mol. The fourth-order valence-corrected chi connectivity index (χ4v) is 3.91. The van der Waals surface area contributed by atoms with Crippen LogP contribution < -0.4 is 0 Å². The number of hydrogen-bond acceptors (Lipinski definition) is 4. The van der Waals surface area contributed by atoms with Crippen LogP contribution >= 0.6 is 0 Å². The highest BCUT2D eigenvalue weighted by atomic mass is 16.5. The second-order valence-electron chi connectivity index (χ2n) is 9.26. The van der Waals surface area contributed by atoms with Crippen molar-refractivity contribution < 1.29 is 9.32 Å². The topological polar surface area (TPSA) is 49.6 Å². The van der Waals surface area contributed by atoms with Gasteiger partial charge >= 0.3 is 0 Å². The molecule has 5 nitrogen and oxygen atoms in total. The number of carbonyl (C=O) groups excluding carboxylic acids is 1. The standard InChI is InChI=1S/C24H35N3O2/c1-18-22(19(2)29-25-18)17-26-13-6-14-27(16-15-26)23(28)12-9-20-7-10-21(11-8-20)24(3,4)5/h7-8,10-11H,6,9,12-17H2,1-5H3. The van der Waals surface area contributed by atoms with Crippen molar-refractivity contribution in [2.45, 2.75) is 65.8 Å². The third-order valence-corrected chi connectivity index (χ3v) is 5.95. The number of aryl methyl sites for hydroxylation is 3. The van der Waals surface area contributed by atoms with Gasteiger partial charge in [0.2, 0.25) is 5.91 Å². The number of aromatic nitrogens is 1. The van der Waals surface area contributed by atoms with E-state index in [1.165, 1.54) is 16.7 Å². The van der Waals surface area contributed by atoms with Crippen molar-refractivity contribution in [2.75, 3.05) is 26.2 Å². The lowest BCUT2D eigenvalue weighted by Crippen LogP contribution is -2.35. The molecule has 0 unspecified atom stereocenters. The van der Waals surface area contributed by atoms with Gasteiger partial charge in [-0.05, 0) is 43.2 Å². The van der Waals surface area contributed by atoms with Crippen molar-refractivity contribution >= 4 is 5.91 Å². The first-order chi connectivity index (χ1) is 13.7. The fourth-order valence-electron chi connectivity index (χ4n) is 3.91. The molecule has 0 spiro atoms. The predicted octanol–water partition coefficient (Wildman–Crippen LogP) is 4.26. The summed E-state index contributed by atoms with van der Waals surface area (Å²) in [5.41, 5.74) is 4.89. The Morgan fingerprint density at radius 3 is 2.41 bits per heavy atom. The van der Waals surface area contributed by atoms with E-state index >= 15 is 0 Å². The molecule has 0 N–H and O–H groups in total. The number of amides is 1. The number of nitrogens with zero attached hydrogens (tertiary/aromatic N) is 3.